The third-order valence-corrected chi connectivity index (χ3v) is 6.52. The molecule has 0 aromatic heterocycles. The quantitative estimate of drug-likeness (QED) is 0.372. The molecule has 0 unspecified atom stereocenters. The second-order valence-corrected chi connectivity index (χ2v) is 9.57. The first-order valence-electron chi connectivity index (χ1n) is 8.26. The first-order chi connectivity index (χ1) is 12.6. The molecule has 1 aromatic carbocycles. The fraction of sp³-hybridized carbons (Fsp3) is 0.500. The first kappa shape index (κ1) is 23.3. The topological polar surface area (TPSA) is 113 Å². The zero-order chi connectivity index (χ0) is 20.5. The minimum Gasteiger partial charge on any atom is -0.481 e. The Labute approximate surface area is 164 Å². The Morgan fingerprint density at radius 2 is 1.96 bits per heavy atom. The summed E-state index contributed by atoms with van der Waals surface area (Å²) in [5.74, 6) is 5.13. The van der Waals surface area contributed by atoms with E-state index in [1.54, 1.807) is 20.8 Å². The number of hydrogen-bond donors (Lipinski definition) is 3. The van der Waals surface area contributed by atoms with Crippen LogP contribution in [0.1, 0.15) is 27.2 Å². The van der Waals surface area contributed by atoms with Crippen LogP contribution in [0.25, 0.3) is 0 Å². The Morgan fingerprint density at radius 3 is 2.48 bits per heavy atom. The molecule has 0 saturated carbocycles. The lowest BCUT2D eigenvalue weighted by molar-refractivity contribution is -0.139. The second kappa shape index (κ2) is 10.6. The van der Waals surface area contributed by atoms with Crippen molar-refractivity contribution < 1.29 is 28.2 Å². The van der Waals surface area contributed by atoms with E-state index >= 15 is 0 Å². The highest BCUT2D eigenvalue weighted by Gasteiger charge is 2.39. The number of thioether (sulfide) groups is 1. The number of carbonyl (C=O) groups is 1. The van der Waals surface area contributed by atoms with Gasteiger partial charge in [0, 0.05) is 11.4 Å². The van der Waals surface area contributed by atoms with Crippen LogP contribution in [0.2, 0.25) is 0 Å². The van der Waals surface area contributed by atoms with Crippen molar-refractivity contribution in [1.82, 2.24) is 4.72 Å². The SMILES string of the molecule is CC#CCOc1ccc(S(=O)(=O)N[C@@H](C(=O)O)C(C)(C)SCCCO)cc1. The summed E-state index contributed by atoms with van der Waals surface area (Å²) in [6.07, 6.45) is 0.497. The van der Waals surface area contributed by atoms with Crippen molar-refractivity contribution in [2.75, 3.05) is 19.0 Å². The van der Waals surface area contributed by atoms with Crippen molar-refractivity contribution in [2.45, 2.75) is 42.9 Å². The number of hydrogen-bond acceptors (Lipinski definition) is 6. The van der Waals surface area contributed by atoms with Gasteiger partial charge in [-0.1, -0.05) is 5.92 Å². The number of carboxylic acid groups (broad SMARTS) is 1. The van der Waals surface area contributed by atoms with Gasteiger partial charge in [0.05, 0.1) is 4.90 Å². The summed E-state index contributed by atoms with van der Waals surface area (Å²) < 4.78 is 31.9. The first-order valence-corrected chi connectivity index (χ1v) is 10.7. The molecule has 7 nitrogen and oxygen atoms in total. The molecule has 0 amide bonds. The Kier molecular flexibility index (Phi) is 9.12. The summed E-state index contributed by atoms with van der Waals surface area (Å²) >= 11 is 1.29. The van der Waals surface area contributed by atoms with Crippen molar-refractivity contribution in [3.8, 4) is 17.6 Å². The van der Waals surface area contributed by atoms with Crippen LogP contribution in [0.15, 0.2) is 29.2 Å². The number of aliphatic carboxylic acids is 1. The zero-order valence-electron chi connectivity index (χ0n) is 15.6. The van der Waals surface area contributed by atoms with Crippen LogP contribution in [0.3, 0.4) is 0 Å². The average molecular weight is 416 g/mol. The fourth-order valence-electron chi connectivity index (χ4n) is 2.10. The van der Waals surface area contributed by atoms with E-state index in [2.05, 4.69) is 16.6 Å². The number of rotatable bonds is 11. The predicted molar refractivity (Wildman–Crippen MR) is 105 cm³/mol. The van der Waals surface area contributed by atoms with Crippen LogP contribution < -0.4 is 9.46 Å². The van der Waals surface area contributed by atoms with E-state index in [0.717, 1.165) is 0 Å². The standard InChI is InChI=1S/C18H25NO6S2/c1-4-5-12-25-14-7-9-15(10-8-14)27(23,24)19-16(17(21)22)18(2,3)26-13-6-11-20/h7-10,16,19-20H,6,11-13H2,1-3H3,(H,21,22)/t16-/m0/s1. The molecule has 3 N–H and O–H groups in total. The number of aliphatic hydroxyl groups excluding tert-OH is 1. The third-order valence-electron chi connectivity index (χ3n) is 3.61. The van der Waals surface area contributed by atoms with Crippen molar-refractivity contribution >= 4 is 27.8 Å². The maximum atomic E-state index is 12.6. The fourth-order valence-corrected chi connectivity index (χ4v) is 4.64. The minimum atomic E-state index is -4.04. The summed E-state index contributed by atoms with van der Waals surface area (Å²) in [6.45, 7) is 5.18. The van der Waals surface area contributed by atoms with Gasteiger partial charge in [0.1, 0.15) is 18.4 Å². The lowest BCUT2D eigenvalue weighted by atomic mass is 10.1. The van der Waals surface area contributed by atoms with Crippen LogP contribution in [-0.2, 0) is 14.8 Å². The highest BCUT2D eigenvalue weighted by Crippen LogP contribution is 2.30. The van der Waals surface area contributed by atoms with Gasteiger partial charge in [-0.3, -0.25) is 4.79 Å². The molecular formula is C18H25NO6S2. The summed E-state index contributed by atoms with van der Waals surface area (Å²) in [7, 11) is -4.04. The van der Waals surface area contributed by atoms with Crippen LogP contribution in [0.5, 0.6) is 5.75 Å². The number of benzene rings is 1. The highest BCUT2D eigenvalue weighted by atomic mass is 32.2. The predicted octanol–water partition coefficient (Wildman–Crippen LogP) is 1.71. The van der Waals surface area contributed by atoms with Gasteiger partial charge in [0.25, 0.3) is 0 Å². The molecule has 1 atom stereocenters. The molecule has 1 aromatic rings. The third kappa shape index (κ3) is 7.42. The van der Waals surface area contributed by atoms with E-state index in [9.17, 15) is 18.3 Å². The van der Waals surface area contributed by atoms with Crippen molar-refractivity contribution in [2.24, 2.45) is 0 Å². The van der Waals surface area contributed by atoms with Crippen LogP contribution in [-0.4, -0.2) is 54.4 Å². The lowest BCUT2D eigenvalue weighted by Gasteiger charge is -2.31. The number of aliphatic hydroxyl groups is 1. The minimum absolute atomic E-state index is 0.00912. The Morgan fingerprint density at radius 1 is 1.33 bits per heavy atom. The van der Waals surface area contributed by atoms with E-state index in [-0.39, 0.29) is 18.1 Å². The van der Waals surface area contributed by atoms with E-state index in [0.29, 0.717) is 17.9 Å². The van der Waals surface area contributed by atoms with E-state index < -0.39 is 26.8 Å². The number of nitrogens with one attached hydrogen (secondary N) is 1. The Bertz CT molecular complexity index is 778. The molecule has 0 bridgehead atoms. The number of ether oxygens (including phenoxy) is 1. The Balaban J connectivity index is 2.93. The lowest BCUT2D eigenvalue weighted by Crippen LogP contribution is -2.52. The van der Waals surface area contributed by atoms with Gasteiger partial charge in [0.15, 0.2) is 0 Å². The van der Waals surface area contributed by atoms with Gasteiger partial charge in [0.2, 0.25) is 10.0 Å². The molecule has 0 heterocycles. The molecule has 0 radical (unpaired) electrons. The van der Waals surface area contributed by atoms with Crippen LogP contribution in [0, 0.1) is 11.8 Å². The summed E-state index contributed by atoms with van der Waals surface area (Å²) in [5.41, 5.74) is 0. The number of carboxylic acids is 1. The molecule has 150 valence electrons. The zero-order valence-corrected chi connectivity index (χ0v) is 17.2. The summed E-state index contributed by atoms with van der Waals surface area (Å²) in [5, 5.41) is 18.4. The van der Waals surface area contributed by atoms with Gasteiger partial charge in [-0.15, -0.1) is 5.92 Å². The molecule has 1 rings (SSSR count). The molecule has 0 aliphatic heterocycles. The van der Waals surface area contributed by atoms with Gasteiger partial charge >= 0.3 is 5.97 Å². The summed E-state index contributed by atoms with van der Waals surface area (Å²) in [4.78, 5) is 11.6. The van der Waals surface area contributed by atoms with Crippen LogP contribution in [0.4, 0.5) is 0 Å². The van der Waals surface area contributed by atoms with E-state index in [1.807, 2.05) is 0 Å². The van der Waals surface area contributed by atoms with Crippen molar-refractivity contribution in [3.63, 3.8) is 0 Å². The van der Waals surface area contributed by atoms with Gasteiger partial charge in [-0.25, -0.2) is 8.42 Å². The maximum absolute atomic E-state index is 12.6. The maximum Gasteiger partial charge on any atom is 0.323 e. The largest absolute Gasteiger partial charge is 0.481 e. The van der Waals surface area contributed by atoms with E-state index in [4.69, 9.17) is 9.84 Å². The molecule has 0 spiro atoms. The average Bonchev–Trinajstić information content (AvgIpc) is 2.60. The van der Waals surface area contributed by atoms with Crippen molar-refractivity contribution in [1.29, 1.82) is 0 Å². The smallest absolute Gasteiger partial charge is 0.323 e. The van der Waals surface area contributed by atoms with E-state index in [1.165, 1.54) is 36.0 Å². The summed E-state index contributed by atoms with van der Waals surface area (Å²) in [6, 6.07) is 4.34. The van der Waals surface area contributed by atoms with Gasteiger partial charge in [-0.05, 0) is 57.2 Å². The monoisotopic (exact) mass is 415 g/mol. The molecule has 0 saturated heterocycles. The molecule has 9 heteroatoms. The normalized spacial score (nSPS) is 12.7. The van der Waals surface area contributed by atoms with Gasteiger partial charge < -0.3 is 14.9 Å². The highest BCUT2D eigenvalue weighted by molar-refractivity contribution is 8.00. The van der Waals surface area contributed by atoms with Crippen LogP contribution >= 0.6 is 11.8 Å². The molecule has 0 fully saturated rings. The molecule has 27 heavy (non-hydrogen) atoms. The molecule has 0 aliphatic rings. The second-order valence-electron chi connectivity index (χ2n) is 6.11. The number of sulfonamides is 1. The van der Waals surface area contributed by atoms with Gasteiger partial charge in [-0.2, -0.15) is 16.5 Å². The molecular weight excluding hydrogens is 390 g/mol. The molecule has 0 aliphatic carbocycles. The van der Waals surface area contributed by atoms with Crippen molar-refractivity contribution in [3.05, 3.63) is 24.3 Å². The Hall–Kier alpha value is -1.73.